The molecule has 2 aromatic heterocycles. The highest BCUT2D eigenvalue weighted by molar-refractivity contribution is 5.90. The van der Waals surface area contributed by atoms with Gasteiger partial charge in [0.2, 0.25) is 0 Å². The Bertz CT molecular complexity index is 794. The number of hydrogen-bond donors (Lipinski definition) is 2. The molecule has 0 aliphatic rings. The summed E-state index contributed by atoms with van der Waals surface area (Å²) in [5, 5.41) is 10.2. The molecule has 0 atom stereocenters. The fourth-order valence-corrected chi connectivity index (χ4v) is 1.94. The fourth-order valence-electron chi connectivity index (χ4n) is 1.94. The van der Waals surface area contributed by atoms with Crippen LogP contribution in [-0.2, 0) is 6.18 Å². The summed E-state index contributed by atoms with van der Waals surface area (Å²) in [4.78, 5) is 7.93. The summed E-state index contributed by atoms with van der Waals surface area (Å²) in [6.45, 7) is 1.84. The van der Waals surface area contributed by atoms with E-state index in [0.29, 0.717) is 17.0 Å². The molecule has 3 rings (SSSR count). The molecule has 108 valence electrons. The Labute approximate surface area is 117 Å². The van der Waals surface area contributed by atoms with Crippen LogP contribution in [0.4, 0.5) is 24.8 Å². The van der Waals surface area contributed by atoms with Crippen molar-refractivity contribution in [2.45, 2.75) is 13.1 Å². The Hall–Kier alpha value is -2.64. The van der Waals surface area contributed by atoms with Crippen LogP contribution in [0.1, 0.15) is 11.3 Å². The van der Waals surface area contributed by atoms with E-state index < -0.39 is 11.7 Å². The predicted octanol–water partition coefficient (Wildman–Crippen LogP) is 3.42. The lowest BCUT2D eigenvalue weighted by Crippen LogP contribution is -2.05. The molecule has 0 saturated carbocycles. The van der Waals surface area contributed by atoms with E-state index in [9.17, 15) is 13.2 Å². The number of rotatable bonds is 2. The highest BCUT2D eigenvalue weighted by atomic mass is 19.4. The van der Waals surface area contributed by atoms with Crippen molar-refractivity contribution in [3.63, 3.8) is 0 Å². The molecule has 0 radical (unpaired) electrons. The Kier molecular flexibility index (Phi) is 3.00. The highest BCUT2D eigenvalue weighted by Crippen LogP contribution is 2.32. The molecule has 0 amide bonds. The quantitative estimate of drug-likeness (QED) is 0.759. The number of fused-ring (bicyclic) bond motifs is 1. The van der Waals surface area contributed by atoms with Gasteiger partial charge in [0.1, 0.15) is 12.1 Å². The molecular formula is C13H10F3N5. The number of alkyl halides is 3. The van der Waals surface area contributed by atoms with Gasteiger partial charge in [-0.1, -0.05) is 0 Å². The van der Waals surface area contributed by atoms with Crippen molar-refractivity contribution in [3.05, 3.63) is 41.9 Å². The first-order valence-electron chi connectivity index (χ1n) is 6.04. The maximum Gasteiger partial charge on any atom is 0.416 e. The Morgan fingerprint density at radius 3 is 2.62 bits per heavy atom. The number of nitrogens with zero attached hydrogens (tertiary/aromatic N) is 3. The average molecular weight is 293 g/mol. The zero-order valence-corrected chi connectivity index (χ0v) is 10.9. The molecule has 0 spiro atoms. The predicted molar refractivity (Wildman–Crippen MR) is 71.1 cm³/mol. The molecule has 2 N–H and O–H groups in total. The minimum atomic E-state index is -4.40. The van der Waals surface area contributed by atoms with Gasteiger partial charge in [0.15, 0.2) is 5.82 Å². The molecule has 21 heavy (non-hydrogen) atoms. The first-order chi connectivity index (χ1) is 9.93. The van der Waals surface area contributed by atoms with Gasteiger partial charge in [0, 0.05) is 17.1 Å². The lowest BCUT2D eigenvalue weighted by Gasteiger charge is -2.09. The number of anilines is 2. The third kappa shape index (κ3) is 2.64. The van der Waals surface area contributed by atoms with Gasteiger partial charge < -0.3 is 5.32 Å². The average Bonchev–Trinajstić information content (AvgIpc) is 2.83. The second-order valence-electron chi connectivity index (χ2n) is 4.51. The van der Waals surface area contributed by atoms with Gasteiger partial charge in [-0.15, -0.1) is 0 Å². The zero-order valence-electron chi connectivity index (χ0n) is 10.9. The van der Waals surface area contributed by atoms with Gasteiger partial charge in [0.25, 0.3) is 0 Å². The molecular weight excluding hydrogens is 283 g/mol. The third-order valence-electron chi connectivity index (χ3n) is 2.92. The molecule has 0 unspecified atom stereocenters. The zero-order chi connectivity index (χ0) is 15.0. The number of nitrogens with one attached hydrogen (secondary N) is 2. The van der Waals surface area contributed by atoms with Crippen molar-refractivity contribution in [3.8, 4) is 0 Å². The van der Waals surface area contributed by atoms with Crippen LogP contribution in [0.15, 0.2) is 30.6 Å². The number of hydrogen-bond acceptors (Lipinski definition) is 4. The van der Waals surface area contributed by atoms with E-state index in [-0.39, 0.29) is 5.52 Å². The molecule has 3 aromatic rings. The number of aromatic amines is 1. The normalized spacial score (nSPS) is 11.8. The molecule has 0 saturated heterocycles. The minimum absolute atomic E-state index is 0.217. The van der Waals surface area contributed by atoms with E-state index >= 15 is 0 Å². The molecule has 2 heterocycles. The maximum absolute atomic E-state index is 12.7. The highest BCUT2D eigenvalue weighted by Gasteiger charge is 2.30. The summed E-state index contributed by atoms with van der Waals surface area (Å²) in [5.41, 5.74) is 0.333. The molecule has 0 fully saturated rings. The van der Waals surface area contributed by atoms with Crippen molar-refractivity contribution in [2.75, 3.05) is 5.32 Å². The lowest BCUT2D eigenvalue weighted by atomic mass is 10.1. The van der Waals surface area contributed by atoms with Crippen LogP contribution in [-0.4, -0.2) is 20.2 Å². The number of H-pyrrole nitrogens is 1. The number of aromatic nitrogens is 4. The largest absolute Gasteiger partial charge is 0.416 e. The number of benzene rings is 1. The van der Waals surface area contributed by atoms with Crippen LogP contribution in [0.5, 0.6) is 0 Å². The van der Waals surface area contributed by atoms with E-state index in [2.05, 4.69) is 25.5 Å². The first kappa shape index (κ1) is 13.3. The Morgan fingerprint density at radius 1 is 1.14 bits per heavy atom. The van der Waals surface area contributed by atoms with Gasteiger partial charge in [-0.3, -0.25) is 5.10 Å². The minimum Gasteiger partial charge on any atom is -0.323 e. The monoisotopic (exact) mass is 293 g/mol. The van der Waals surface area contributed by atoms with Crippen molar-refractivity contribution >= 4 is 22.5 Å². The van der Waals surface area contributed by atoms with Crippen LogP contribution in [0.3, 0.4) is 0 Å². The van der Waals surface area contributed by atoms with E-state index in [1.54, 1.807) is 6.07 Å². The van der Waals surface area contributed by atoms with E-state index in [1.807, 2.05) is 6.92 Å². The second kappa shape index (κ2) is 4.72. The van der Waals surface area contributed by atoms with Gasteiger partial charge in [-0.05, 0) is 25.1 Å². The van der Waals surface area contributed by atoms with E-state index in [0.717, 1.165) is 17.8 Å². The smallest absolute Gasteiger partial charge is 0.323 e. The molecule has 8 heteroatoms. The number of aryl methyl sites for hydroxylation is 1. The summed E-state index contributed by atoms with van der Waals surface area (Å²) >= 11 is 0. The summed E-state index contributed by atoms with van der Waals surface area (Å²) in [5.74, 6) is 0.938. The van der Waals surface area contributed by atoms with Crippen LogP contribution in [0.25, 0.3) is 10.9 Å². The molecule has 0 aliphatic carbocycles. The van der Waals surface area contributed by atoms with Crippen molar-refractivity contribution in [1.82, 2.24) is 20.2 Å². The van der Waals surface area contributed by atoms with Gasteiger partial charge in [-0.25, -0.2) is 9.97 Å². The summed E-state index contributed by atoms with van der Waals surface area (Å²) in [6.07, 6.45) is -3.18. The number of halogens is 3. The van der Waals surface area contributed by atoms with Crippen LogP contribution in [0.2, 0.25) is 0 Å². The summed E-state index contributed by atoms with van der Waals surface area (Å²) in [7, 11) is 0. The molecule has 0 bridgehead atoms. The van der Waals surface area contributed by atoms with E-state index in [4.69, 9.17) is 0 Å². The van der Waals surface area contributed by atoms with Crippen LogP contribution < -0.4 is 5.32 Å². The maximum atomic E-state index is 12.7. The second-order valence-corrected chi connectivity index (χ2v) is 4.51. The molecule has 5 nitrogen and oxygen atoms in total. The summed E-state index contributed by atoms with van der Waals surface area (Å²) in [6, 6.07) is 5.11. The molecule has 0 aliphatic heterocycles. The van der Waals surface area contributed by atoms with Crippen molar-refractivity contribution < 1.29 is 13.2 Å². The Morgan fingerprint density at radius 2 is 1.95 bits per heavy atom. The van der Waals surface area contributed by atoms with E-state index in [1.165, 1.54) is 12.4 Å². The van der Waals surface area contributed by atoms with Crippen LogP contribution >= 0.6 is 0 Å². The van der Waals surface area contributed by atoms with Gasteiger partial charge >= 0.3 is 6.18 Å². The lowest BCUT2D eigenvalue weighted by molar-refractivity contribution is -0.137. The van der Waals surface area contributed by atoms with Gasteiger partial charge in [-0.2, -0.15) is 18.3 Å². The summed E-state index contributed by atoms with van der Waals surface area (Å²) < 4.78 is 38.1. The van der Waals surface area contributed by atoms with Crippen molar-refractivity contribution in [1.29, 1.82) is 0 Å². The van der Waals surface area contributed by atoms with Gasteiger partial charge in [0.05, 0.1) is 11.1 Å². The SMILES string of the molecule is Cc1cc(Nc2ncnc3cc(C(F)(F)F)ccc23)n[nH]1. The van der Waals surface area contributed by atoms with Crippen LogP contribution in [0, 0.1) is 6.92 Å². The molecule has 1 aromatic carbocycles. The topological polar surface area (TPSA) is 66.5 Å². The van der Waals surface area contributed by atoms with Crippen molar-refractivity contribution in [2.24, 2.45) is 0 Å². The first-order valence-corrected chi connectivity index (χ1v) is 6.04. The fraction of sp³-hybridized carbons (Fsp3) is 0.154. The third-order valence-corrected chi connectivity index (χ3v) is 2.92. The standard InChI is InChI=1S/C13H10F3N5/c1-7-4-11(21-20-7)19-12-9-3-2-8(13(14,15)16)5-10(9)17-6-18-12/h2-6H,1H3,(H2,17,18,19,20,21). The Balaban J connectivity index is 2.04.